The van der Waals surface area contributed by atoms with Crippen molar-refractivity contribution in [3.63, 3.8) is 0 Å². The minimum atomic E-state index is 0.469. The number of hydrogen-bond donors (Lipinski definition) is 1. The van der Waals surface area contributed by atoms with Crippen molar-refractivity contribution >= 4 is 17.2 Å². The first-order chi connectivity index (χ1) is 12.3. The fourth-order valence-electron chi connectivity index (χ4n) is 3.27. The lowest BCUT2D eigenvalue weighted by molar-refractivity contribution is 0.227. The lowest BCUT2D eigenvalue weighted by Gasteiger charge is -2.24. The van der Waals surface area contributed by atoms with Gasteiger partial charge in [-0.15, -0.1) is 11.3 Å². The molecule has 1 atom stereocenters. The lowest BCUT2D eigenvalue weighted by Crippen LogP contribution is -2.31. The highest BCUT2D eigenvalue weighted by Crippen LogP contribution is 2.21. The molecule has 0 fully saturated rings. The van der Waals surface area contributed by atoms with Gasteiger partial charge in [0.2, 0.25) is 0 Å². The molecule has 7 heteroatoms. The monoisotopic (exact) mass is 354 g/mol. The molecule has 1 N–H and O–H groups in total. The third kappa shape index (κ3) is 3.88. The highest BCUT2D eigenvalue weighted by atomic mass is 32.1. The van der Waals surface area contributed by atoms with E-state index in [4.69, 9.17) is 0 Å². The third-order valence-electron chi connectivity index (χ3n) is 4.59. The number of nitrogens with zero attached hydrogens (tertiary/aromatic N) is 5. The van der Waals surface area contributed by atoms with Gasteiger partial charge in [0.15, 0.2) is 0 Å². The van der Waals surface area contributed by atoms with Crippen molar-refractivity contribution in [2.24, 2.45) is 5.92 Å². The summed E-state index contributed by atoms with van der Waals surface area (Å²) in [4.78, 5) is 12.6. The molecule has 1 aliphatic heterocycles. The molecule has 0 bridgehead atoms. The smallest absolute Gasteiger partial charge is 0.125 e. The molecule has 1 unspecified atom stereocenters. The predicted octanol–water partition coefficient (Wildman–Crippen LogP) is 2.79. The van der Waals surface area contributed by atoms with Crippen LogP contribution in [0.25, 0.3) is 0 Å². The summed E-state index contributed by atoms with van der Waals surface area (Å²) >= 11 is 1.74. The van der Waals surface area contributed by atoms with E-state index in [0.717, 1.165) is 44.2 Å². The number of nitrogens with one attached hydrogen (secondary N) is 1. The molecule has 130 valence electrons. The summed E-state index contributed by atoms with van der Waals surface area (Å²) in [5.41, 5.74) is 4.36. The molecule has 0 amide bonds. The van der Waals surface area contributed by atoms with Crippen molar-refractivity contribution in [2.45, 2.75) is 26.6 Å². The largest absolute Gasteiger partial charge is 0.370 e. The first kappa shape index (κ1) is 16.2. The molecule has 3 aromatic rings. The van der Waals surface area contributed by atoms with Crippen LogP contribution in [-0.4, -0.2) is 37.7 Å². The summed E-state index contributed by atoms with van der Waals surface area (Å²) in [6.07, 6.45) is 3.72. The maximum atomic E-state index is 4.51. The number of fused-ring (bicyclic) bond motifs is 1. The van der Waals surface area contributed by atoms with Crippen LogP contribution >= 0.6 is 11.3 Å². The van der Waals surface area contributed by atoms with Crippen molar-refractivity contribution in [2.75, 3.05) is 18.4 Å². The molecule has 0 aromatic carbocycles. The van der Waals surface area contributed by atoms with Gasteiger partial charge in [-0.2, -0.15) is 5.10 Å². The van der Waals surface area contributed by atoms with Gasteiger partial charge in [0.05, 0.1) is 16.9 Å². The molecule has 6 nitrogen and oxygen atoms in total. The third-order valence-corrected chi connectivity index (χ3v) is 5.51. The lowest BCUT2D eigenvalue weighted by atomic mass is 10.1. The number of aromatic nitrogens is 4. The van der Waals surface area contributed by atoms with Crippen LogP contribution in [0.3, 0.4) is 0 Å². The number of pyridine rings is 1. The molecule has 0 radical (unpaired) electrons. The van der Waals surface area contributed by atoms with Gasteiger partial charge in [-0.3, -0.25) is 9.58 Å². The van der Waals surface area contributed by atoms with Crippen molar-refractivity contribution in [1.82, 2.24) is 24.6 Å². The van der Waals surface area contributed by atoms with Crippen molar-refractivity contribution in [1.29, 1.82) is 0 Å². The van der Waals surface area contributed by atoms with Crippen LogP contribution < -0.4 is 5.32 Å². The Bertz CT molecular complexity index is 812. The molecular formula is C18H22N6S. The summed E-state index contributed by atoms with van der Waals surface area (Å²) in [7, 11) is 0. The Morgan fingerprint density at radius 3 is 2.96 bits per heavy atom. The van der Waals surface area contributed by atoms with E-state index in [9.17, 15) is 0 Å². The van der Waals surface area contributed by atoms with E-state index >= 15 is 0 Å². The first-order valence-electron chi connectivity index (χ1n) is 8.55. The zero-order valence-electron chi connectivity index (χ0n) is 14.3. The minimum Gasteiger partial charge on any atom is -0.370 e. The van der Waals surface area contributed by atoms with Crippen LogP contribution in [0.2, 0.25) is 0 Å². The first-order valence-corrected chi connectivity index (χ1v) is 9.43. The average molecular weight is 354 g/mol. The second-order valence-electron chi connectivity index (χ2n) is 6.50. The zero-order chi connectivity index (χ0) is 17.1. The zero-order valence-corrected chi connectivity index (χ0v) is 15.1. The van der Waals surface area contributed by atoms with E-state index in [-0.39, 0.29) is 0 Å². The Labute approximate surface area is 151 Å². The van der Waals surface area contributed by atoms with E-state index in [1.807, 2.05) is 36.1 Å². The van der Waals surface area contributed by atoms with Crippen LogP contribution in [0.5, 0.6) is 0 Å². The van der Waals surface area contributed by atoms with Gasteiger partial charge < -0.3 is 5.32 Å². The second-order valence-corrected chi connectivity index (χ2v) is 7.44. The highest BCUT2D eigenvalue weighted by molar-refractivity contribution is 7.09. The van der Waals surface area contributed by atoms with Gasteiger partial charge in [0.25, 0.3) is 0 Å². The standard InChI is InChI=1S/C18H22N6S/c1-14-17(25-13-21-14)12-23-9-15(8-20-18-4-2-3-6-19-18)10-24-16(11-23)5-7-22-24/h2-7,13,15H,8-12H2,1H3,(H,19,20). The predicted molar refractivity (Wildman–Crippen MR) is 99.4 cm³/mol. The number of aryl methyl sites for hydroxylation is 1. The van der Waals surface area contributed by atoms with E-state index in [2.05, 4.69) is 43.0 Å². The molecule has 25 heavy (non-hydrogen) atoms. The summed E-state index contributed by atoms with van der Waals surface area (Å²) < 4.78 is 2.14. The number of hydrogen-bond acceptors (Lipinski definition) is 6. The molecule has 0 saturated carbocycles. The quantitative estimate of drug-likeness (QED) is 0.763. The molecular weight excluding hydrogens is 332 g/mol. The van der Waals surface area contributed by atoms with Crippen LogP contribution in [0.1, 0.15) is 16.3 Å². The summed E-state index contributed by atoms with van der Waals surface area (Å²) in [6, 6.07) is 8.08. The summed E-state index contributed by atoms with van der Waals surface area (Å²) in [6.45, 7) is 6.81. The van der Waals surface area contributed by atoms with Crippen LogP contribution in [0, 0.1) is 12.8 Å². The van der Waals surface area contributed by atoms with Crippen LogP contribution in [0.4, 0.5) is 5.82 Å². The van der Waals surface area contributed by atoms with Crippen LogP contribution in [0.15, 0.2) is 42.2 Å². The Morgan fingerprint density at radius 1 is 1.20 bits per heavy atom. The number of thiazole rings is 1. The van der Waals surface area contributed by atoms with Gasteiger partial charge in [-0.1, -0.05) is 6.07 Å². The van der Waals surface area contributed by atoms with Gasteiger partial charge in [-0.25, -0.2) is 9.97 Å². The maximum absolute atomic E-state index is 4.51. The number of rotatable bonds is 5. The Morgan fingerprint density at radius 2 is 2.16 bits per heavy atom. The summed E-state index contributed by atoms with van der Waals surface area (Å²) in [5.74, 6) is 1.40. The fourth-order valence-corrected chi connectivity index (χ4v) is 4.09. The van der Waals surface area contributed by atoms with Crippen LogP contribution in [-0.2, 0) is 19.6 Å². The molecule has 4 heterocycles. The maximum Gasteiger partial charge on any atom is 0.125 e. The molecule has 0 spiro atoms. The Kier molecular flexibility index (Phi) is 4.76. The van der Waals surface area contributed by atoms with E-state index in [1.165, 1.54) is 10.6 Å². The molecule has 1 aliphatic rings. The average Bonchev–Trinajstić information content (AvgIpc) is 3.19. The normalized spacial score (nSPS) is 17.9. The Balaban J connectivity index is 1.48. The molecule has 0 saturated heterocycles. The van der Waals surface area contributed by atoms with Gasteiger partial charge in [-0.05, 0) is 25.1 Å². The van der Waals surface area contributed by atoms with Crippen molar-refractivity contribution in [3.05, 3.63) is 58.4 Å². The van der Waals surface area contributed by atoms with Crippen molar-refractivity contribution < 1.29 is 0 Å². The second kappa shape index (κ2) is 7.33. The Hall–Kier alpha value is -2.25. The van der Waals surface area contributed by atoms with Gasteiger partial charge in [0, 0.05) is 55.9 Å². The van der Waals surface area contributed by atoms with Gasteiger partial charge in [0.1, 0.15) is 5.82 Å². The number of anilines is 1. The molecule has 4 rings (SSSR count). The molecule has 0 aliphatic carbocycles. The van der Waals surface area contributed by atoms with E-state index < -0.39 is 0 Å². The molecule has 3 aromatic heterocycles. The summed E-state index contributed by atoms with van der Waals surface area (Å²) in [5, 5.41) is 7.98. The van der Waals surface area contributed by atoms with E-state index in [0.29, 0.717) is 5.92 Å². The topological polar surface area (TPSA) is 58.9 Å². The fraction of sp³-hybridized carbons (Fsp3) is 0.389. The highest BCUT2D eigenvalue weighted by Gasteiger charge is 2.23. The SMILES string of the molecule is Cc1ncsc1CN1Cc2ccnn2CC(CNc2ccccn2)C1. The van der Waals surface area contributed by atoms with E-state index in [1.54, 1.807) is 11.3 Å². The van der Waals surface area contributed by atoms with Gasteiger partial charge >= 0.3 is 0 Å². The van der Waals surface area contributed by atoms with Crippen molar-refractivity contribution in [3.8, 4) is 0 Å². The minimum absolute atomic E-state index is 0.469.